The average Bonchev–Trinajstić information content (AvgIpc) is 3.31. The molecule has 0 radical (unpaired) electrons. The van der Waals surface area contributed by atoms with E-state index in [1.807, 2.05) is 17.3 Å². The Balaban J connectivity index is 1.28. The maximum atomic E-state index is 14.5. The van der Waals surface area contributed by atoms with Gasteiger partial charge < -0.3 is 4.74 Å². The van der Waals surface area contributed by atoms with E-state index in [0.717, 1.165) is 57.4 Å². The summed E-state index contributed by atoms with van der Waals surface area (Å²) in [6.45, 7) is 4.83. The number of nitrogens with zero attached hydrogens (tertiary/aromatic N) is 3. The molecule has 38 heavy (non-hydrogen) atoms. The topological polar surface area (TPSA) is 87.2 Å². The smallest absolute Gasteiger partial charge is 0.229 e. The number of fused-ring (bicyclic) bond motifs is 4. The number of carbonyl (C=O) groups excluding carboxylic acids is 2. The Bertz CT molecular complexity index is 1200. The zero-order valence-electron chi connectivity index (χ0n) is 22.7. The SMILES string of the molecule is CCCN1C(=O)CC2(CCCC2S(=O)(=O)N2CCC[C@@H]3CN4CCc5cc(OC)ccc5[C@@H]4C[C@@H]32)CC1=O. The van der Waals surface area contributed by atoms with Crippen LogP contribution in [0.1, 0.15) is 81.9 Å². The lowest BCUT2D eigenvalue weighted by Gasteiger charge is -2.53. The third kappa shape index (κ3) is 4.20. The zero-order chi connectivity index (χ0) is 26.7. The Labute approximate surface area is 226 Å². The van der Waals surface area contributed by atoms with E-state index in [2.05, 4.69) is 17.0 Å². The van der Waals surface area contributed by atoms with Gasteiger partial charge in [0.1, 0.15) is 5.75 Å². The number of likely N-dealkylation sites (tertiary alicyclic amines) is 1. The number of carbonyl (C=O) groups is 2. The number of amides is 2. The fourth-order valence-corrected chi connectivity index (χ4v) is 11.2. The average molecular weight is 544 g/mol. The molecule has 4 heterocycles. The van der Waals surface area contributed by atoms with Gasteiger partial charge in [-0.3, -0.25) is 19.4 Å². The van der Waals surface area contributed by atoms with Crippen molar-refractivity contribution in [1.82, 2.24) is 14.1 Å². The van der Waals surface area contributed by atoms with E-state index < -0.39 is 20.7 Å². The zero-order valence-corrected chi connectivity index (χ0v) is 23.5. The fourth-order valence-electron chi connectivity index (χ4n) is 8.44. The van der Waals surface area contributed by atoms with Crippen LogP contribution in [-0.4, -0.2) is 78.9 Å². The minimum atomic E-state index is -3.67. The summed E-state index contributed by atoms with van der Waals surface area (Å²) < 4.78 is 36.3. The summed E-state index contributed by atoms with van der Waals surface area (Å²) in [5.74, 6) is 0.809. The fraction of sp³-hybridized carbons (Fsp3) is 0.724. The Hall–Kier alpha value is -1.97. The highest BCUT2D eigenvalue weighted by Gasteiger charge is 2.58. The van der Waals surface area contributed by atoms with Gasteiger partial charge in [-0.25, -0.2) is 8.42 Å². The molecule has 1 saturated carbocycles. The second kappa shape index (κ2) is 9.89. The summed E-state index contributed by atoms with van der Waals surface area (Å²) in [5.41, 5.74) is 1.86. The number of benzene rings is 1. The van der Waals surface area contributed by atoms with E-state index in [4.69, 9.17) is 4.74 Å². The number of ether oxygens (including phenoxy) is 1. The molecule has 4 aliphatic heterocycles. The molecular weight excluding hydrogens is 502 g/mol. The van der Waals surface area contributed by atoms with Crippen LogP contribution in [0.3, 0.4) is 0 Å². The number of rotatable bonds is 5. The minimum absolute atomic E-state index is 0.0349. The number of imide groups is 1. The third-order valence-electron chi connectivity index (χ3n) is 10.2. The van der Waals surface area contributed by atoms with Crippen LogP contribution in [0, 0.1) is 11.3 Å². The summed E-state index contributed by atoms with van der Waals surface area (Å²) in [4.78, 5) is 30.0. The van der Waals surface area contributed by atoms with Crippen LogP contribution in [0.5, 0.6) is 5.75 Å². The molecule has 4 atom stereocenters. The number of sulfonamides is 1. The van der Waals surface area contributed by atoms with Crippen molar-refractivity contribution < 1.29 is 22.7 Å². The summed E-state index contributed by atoms with van der Waals surface area (Å²) in [6, 6.07) is 6.49. The van der Waals surface area contributed by atoms with Gasteiger partial charge in [-0.05, 0) is 74.1 Å². The van der Waals surface area contributed by atoms with Crippen LogP contribution in [0.15, 0.2) is 18.2 Å². The molecule has 4 fully saturated rings. The van der Waals surface area contributed by atoms with Gasteiger partial charge >= 0.3 is 0 Å². The van der Waals surface area contributed by atoms with Crippen LogP contribution in [-0.2, 0) is 26.0 Å². The van der Waals surface area contributed by atoms with Gasteiger partial charge in [0.05, 0.1) is 12.4 Å². The molecule has 6 rings (SSSR count). The monoisotopic (exact) mass is 543 g/mol. The summed E-state index contributed by atoms with van der Waals surface area (Å²) in [7, 11) is -1.98. The van der Waals surface area contributed by atoms with Crippen LogP contribution >= 0.6 is 0 Å². The first kappa shape index (κ1) is 26.3. The van der Waals surface area contributed by atoms with E-state index >= 15 is 0 Å². The van der Waals surface area contributed by atoms with Crippen molar-refractivity contribution in [3.05, 3.63) is 29.3 Å². The number of methoxy groups -OCH3 is 1. The highest BCUT2D eigenvalue weighted by molar-refractivity contribution is 7.89. The Morgan fingerprint density at radius 2 is 1.87 bits per heavy atom. The van der Waals surface area contributed by atoms with Crippen LogP contribution in [0.4, 0.5) is 0 Å². The molecule has 0 bridgehead atoms. The van der Waals surface area contributed by atoms with E-state index in [1.165, 1.54) is 16.0 Å². The van der Waals surface area contributed by atoms with Crippen molar-refractivity contribution in [1.29, 1.82) is 0 Å². The first-order valence-electron chi connectivity index (χ1n) is 14.5. The van der Waals surface area contributed by atoms with Gasteiger partial charge in [-0.2, -0.15) is 4.31 Å². The van der Waals surface area contributed by atoms with Crippen molar-refractivity contribution in [2.75, 3.05) is 33.3 Å². The first-order chi connectivity index (χ1) is 18.3. The molecule has 8 nitrogen and oxygen atoms in total. The largest absolute Gasteiger partial charge is 0.497 e. The van der Waals surface area contributed by atoms with Crippen molar-refractivity contribution in [3.63, 3.8) is 0 Å². The Morgan fingerprint density at radius 3 is 2.61 bits per heavy atom. The van der Waals surface area contributed by atoms with Gasteiger partial charge in [0.2, 0.25) is 21.8 Å². The highest BCUT2D eigenvalue weighted by Crippen LogP contribution is 2.52. The van der Waals surface area contributed by atoms with E-state index in [0.29, 0.717) is 31.8 Å². The second-order valence-electron chi connectivity index (χ2n) is 12.2. The molecule has 0 N–H and O–H groups in total. The molecule has 208 valence electrons. The summed E-state index contributed by atoms with van der Waals surface area (Å²) in [6.07, 6.45) is 6.72. The Kier molecular flexibility index (Phi) is 6.84. The molecule has 0 aromatic heterocycles. The predicted octanol–water partition coefficient (Wildman–Crippen LogP) is 3.51. The number of hydrogen-bond acceptors (Lipinski definition) is 6. The predicted molar refractivity (Wildman–Crippen MR) is 144 cm³/mol. The number of piperidine rings is 3. The molecule has 5 aliphatic rings. The van der Waals surface area contributed by atoms with Crippen molar-refractivity contribution in [2.24, 2.45) is 11.3 Å². The van der Waals surface area contributed by atoms with E-state index in [9.17, 15) is 18.0 Å². The van der Waals surface area contributed by atoms with Crippen molar-refractivity contribution >= 4 is 21.8 Å². The summed E-state index contributed by atoms with van der Waals surface area (Å²) >= 11 is 0. The molecular formula is C29H41N3O5S. The molecule has 1 spiro atoms. The molecule has 1 aromatic carbocycles. The van der Waals surface area contributed by atoms with E-state index in [1.54, 1.807) is 7.11 Å². The first-order valence-corrected chi connectivity index (χ1v) is 16.0. The minimum Gasteiger partial charge on any atom is -0.497 e. The van der Waals surface area contributed by atoms with Crippen molar-refractivity contribution in [2.45, 2.75) is 88.5 Å². The highest BCUT2D eigenvalue weighted by atomic mass is 32.2. The van der Waals surface area contributed by atoms with E-state index in [-0.39, 0.29) is 36.7 Å². The van der Waals surface area contributed by atoms with Gasteiger partial charge in [-0.1, -0.05) is 19.4 Å². The molecule has 3 saturated heterocycles. The van der Waals surface area contributed by atoms with Gasteiger partial charge in [0, 0.05) is 56.5 Å². The molecule has 9 heteroatoms. The molecule has 1 unspecified atom stereocenters. The van der Waals surface area contributed by atoms with Gasteiger partial charge in [0.15, 0.2) is 0 Å². The quantitative estimate of drug-likeness (QED) is 0.529. The van der Waals surface area contributed by atoms with Gasteiger partial charge in [-0.15, -0.1) is 0 Å². The normalized spacial score (nSPS) is 31.7. The van der Waals surface area contributed by atoms with Crippen LogP contribution in [0.25, 0.3) is 0 Å². The Morgan fingerprint density at radius 1 is 1.08 bits per heavy atom. The standard InChI is InChI=1S/C29H41N3O5S/c1-3-12-31-27(33)17-29(18-28(31)34)11-4-7-26(29)38(35,36)32-13-5-6-21-19-30-14-10-20-15-22(37-2)8-9-23(20)25(30)16-24(21)32/h8-9,15,21,24-26H,3-7,10-14,16-19H2,1-2H3/t21-,24+,25+,26?/m1/s1. The molecule has 1 aliphatic carbocycles. The molecule has 2 amide bonds. The lowest BCUT2D eigenvalue weighted by molar-refractivity contribution is -0.153. The number of hydrogen-bond donors (Lipinski definition) is 0. The maximum Gasteiger partial charge on any atom is 0.229 e. The third-order valence-corrected chi connectivity index (χ3v) is 12.7. The van der Waals surface area contributed by atoms with Crippen LogP contribution < -0.4 is 4.74 Å². The van der Waals surface area contributed by atoms with Crippen LogP contribution in [0.2, 0.25) is 0 Å². The van der Waals surface area contributed by atoms with Gasteiger partial charge in [0.25, 0.3) is 0 Å². The molecule has 1 aromatic rings. The second-order valence-corrected chi connectivity index (χ2v) is 14.3. The lowest BCUT2D eigenvalue weighted by Crippen LogP contribution is -2.60. The van der Waals surface area contributed by atoms with Crippen molar-refractivity contribution in [3.8, 4) is 5.75 Å². The maximum absolute atomic E-state index is 14.5. The summed E-state index contributed by atoms with van der Waals surface area (Å²) in [5, 5.41) is -0.647. The lowest BCUT2D eigenvalue weighted by atomic mass is 9.76.